The second-order valence-electron chi connectivity index (χ2n) is 5.28. The van der Waals surface area contributed by atoms with Gasteiger partial charge in [-0.2, -0.15) is 11.1 Å². The number of hydrogen-bond acceptors (Lipinski definition) is 0. The Bertz CT molecular complexity index is 215. The lowest BCUT2D eigenvalue weighted by molar-refractivity contribution is 0.669. The third kappa shape index (κ3) is 9.96. The van der Waals surface area contributed by atoms with Gasteiger partial charge in [-0.1, -0.05) is 51.2 Å². The Hall–Kier alpha value is -0.0131. The second kappa shape index (κ2) is 12.0. The topological polar surface area (TPSA) is 0 Å². The highest BCUT2D eigenvalue weighted by Gasteiger charge is 2.26. The molecule has 18 heavy (non-hydrogen) atoms. The van der Waals surface area contributed by atoms with Crippen LogP contribution in [0.1, 0.15) is 58.3 Å². The number of rotatable bonds is 13. The summed E-state index contributed by atoms with van der Waals surface area (Å²) in [6.07, 6.45) is 14.2. The van der Waals surface area contributed by atoms with E-state index in [0.717, 1.165) is 6.42 Å². The lowest BCUT2D eigenvalue weighted by atomic mass is 10.1. The van der Waals surface area contributed by atoms with Crippen molar-refractivity contribution in [1.82, 2.24) is 0 Å². The van der Waals surface area contributed by atoms with E-state index in [-0.39, 0.29) is 0 Å². The minimum Gasteiger partial charge on any atom is -0.167 e. The third-order valence-corrected chi connectivity index (χ3v) is 9.40. The van der Waals surface area contributed by atoms with Gasteiger partial charge in [0.2, 0.25) is 0 Å². The molecular weight excluding hydrogens is 256 g/mol. The lowest BCUT2D eigenvalue weighted by Gasteiger charge is -2.22. The van der Waals surface area contributed by atoms with E-state index >= 15 is 0 Å². The predicted octanol–water partition coefficient (Wildman–Crippen LogP) is 6.68. The quantitative estimate of drug-likeness (QED) is 0.153. The number of halogens is 1. The molecule has 1 unspecified atom stereocenters. The summed E-state index contributed by atoms with van der Waals surface area (Å²) in [7, 11) is -1.42. The zero-order valence-corrected chi connectivity index (χ0v) is 14.0. The van der Waals surface area contributed by atoms with Crippen LogP contribution in [0.5, 0.6) is 0 Å². The highest BCUT2D eigenvalue weighted by Crippen LogP contribution is 2.30. The van der Waals surface area contributed by atoms with Crippen LogP contribution in [0.25, 0.3) is 0 Å². The van der Waals surface area contributed by atoms with Crippen LogP contribution < -0.4 is 0 Å². The van der Waals surface area contributed by atoms with Crippen LogP contribution in [-0.4, -0.2) is 7.38 Å². The summed E-state index contributed by atoms with van der Waals surface area (Å²) in [6.45, 7) is 9.81. The van der Waals surface area contributed by atoms with Crippen LogP contribution in [0.4, 0.5) is 0 Å². The lowest BCUT2D eigenvalue weighted by Crippen LogP contribution is -2.25. The highest BCUT2D eigenvalue weighted by atomic mass is 35.6. The number of unbranched alkanes of at least 4 members (excludes halogenated alkanes) is 6. The van der Waals surface area contributed by atoms with E-state index in [2.05, 4.69) is 20.1 Å². The van der Waals surface area contributed by atoms with Crippen molar-refractivity contribution >= 4 is 18.5 Å². The normalized spacial score (nSPS) is 14.1. The molecule has 0 aliphatic heterocycles. The largest absolute Gasteiger partial charge is 0.167 e. The van der Waals surface area contributed by atoms with Gasteiger partial charge in [0.15, 0.2) is 7.38 Å². The molecule has 0 saturated carbocycles. The van der Waals surface area contributed by atoms with Crippen molar-refractivity contribution < 1.29 is 0 Å². The first-order chi connectivity index (χ1) is 8.68. The van der Waals surface area contributed by atoms with Crippen molar-refractivity contribution in [2.75, 3.05) is 0 Å². The smallest absolute Gasteiger partial charge is 0.156 e. The van der Waals surface area contributed by atoms with E-state index in [9.17, 15) is 0 Å². The summed E-state index contributed by atoms with van der Waals surface area (Å²) in [5.41, 5.74) is 0. The first-order valence-electron chi connectivity index (χ1n) is 7.59. The van der Waals surface area contributed by atoms with E-state index in [0.29, 0.717) is 0 Å². The zero-order valence-electron chi connectivity index (χ0n) is 12.2. The van der Waals surface area contributed by atoms with Crippen molar-refractivity contribution in [2.24, 2.45) is 0 Å². The average molecular weight is 287 g/mol. The molecule has 1 atom stereocenters. The SMILES string of the molecule is C=CCCCCCC[Si](Cl)(CC)CCCCC=C. The number of allylic oxidation sites excluding steroid dienone is 2. The van der Waals surface area contributed by atoms with Gasteiger partial charge in [-0.15, -0.1) is 13.2 Å². The van der Waals surface area contributed by atoms with Gasteiger partial charge in [-0.25, -0.2) is 0 Å². The van der Waals surface area contributed by atoms with Crippen LogP contribution in [0.3, 0.4) is 0 Å². The van der Waals surface area contributed by atoms with Gasteiger partial charge in [0, 0.05) is 0 Å². The first-order valence-corrected chi connectivity index (χ1v) is 11.2. The Morgan fingerprint density at radius 1 is 0.833 bits per heavy atom. The molecule has 0 amide bonds. The monoisotopic (exact) mass is 286 g/mol. The Labute approximate surface area is 120 Å². The molecule has 0 aromatic heterocycles. The molecule has 0 N–H and O–H groups in total. The second-order valence-corrected chi connectivity index (χ2v) is 11.7. The fraction of sp³-hybridized carbons (Fsp3) is 0.750. The van der Waals surface area contributed by atoms with Crippen molar-refractivity contribution in [3.8, 4) is 0 Å². The molecule has 0 aliphatic rings. The van der Waals surface area contributed by atoms with E-state index in [1.165, 1.54) is 63.1 Å². The third-order valence-electron chi connectivity index (χ3n) is 3.70. The zero-order chi connectivity index (χ0) is 13.7. The summed E-state index contributed by atoms with van der Waals surface area (Å²) in [4.78, 5) is 0. The van der Waals surface area contributed by atoms with Gasteiger partial charge in [0.25, 0.3) is 0 Å². The Morgan fingerprint density at radius 3 is 1.78 bits per heavy atom. The Balaban J connectivity index is 3.64. The predicted molar refractivity (Wildman–Crippen MR) is 89.0 cm³/mol. The van der Waals surface area contributed by atoms with Crippen LogP contribution in [0.15, 0.2) is 25.3 Å². The van der Waals surface area contributed by atoms with E-state index in [4.69, 9.17) is 11.1 Å². The summed E-state index contributed by atoms with van der Waals surface area (Å²) in [6, 6.07) is 3.84. The van der Waals surface area contributed by atoms with Crippen LogP contribution in [-0.2, 0) is 0 Å². The molecule has 0 spiro atoms. The standard InChI is InChI=1S/C16H31ClSi/c1-4-7-9-11-12-14-16-18(17,6-3)15-13-10-8-5-2/h4-5H,1-2,6-16H2,3H3. The van der Waals surface area contributed by atoms with Crippen molar-refractivity contribution in [2.45, 2.75) is 76.4 Å². The molecule has 0 rings (SSSR count). The van der Waals surface area contributed by atoms with Crippen molar-refractivity contribution in [3.63, 3.8) is 0 Å². The number of hydrogen-bond donors (Lipinski definition) is 0. The maximum Gasteiger partial charge on any atom is 0.156 e. The van der Waals surface area contributed by atoms with Crippen LogP contribution in [0.2, 0.25) is 18.1 Å². The van der Waals surface area contributed by atoms with Gasteiger partial charge in [-0.3, -0.25) is 0 Å². The molecule has 0 nitrogen and oxygen atoms in total. The Morgan fingerprint density at radius 2 is 1.28 bits per heavy atom. The molecule has 0 aromatic rings. The molecule has 0 fully saturated rings. The minimum absolute atomic E-state index is 1.15. The summed E-state index contributed by atoms with van der Waals surface area (Å²) in [5, 5.41) is 0. The van der Waals surface area contributed by atoms with E-state index < -0.39 is 7.38 Å². The fourth-order valence-corrected chi connectivity index (χ4v) is 5.82. The van der Waals surface area contributed by atoms with Crippen LogP contribution in [0, 0.1) is 0 Å². The van der Waals surface area contributed by atoms with E-state index in [1.54, 1.807) is 0 Å². The maximum absolute atomic E-state index is 6.84. The molecule has 0 radical (unpaired) electrons. The van der Waals surface area contributed by atoms with Crippen molar-refractivity contribution in [3.05, 3.63) is 25.3 Å². The van der Waals surface area contributed by atoms with Gasteiger partial charge in [0.1, 0.15) is 0 Å². The van der Waals surface area contributed by atoms with Gasteiger partial charge >= 0.3 is 0 Å². The Kier molecular flexibility index (Phi) is 12.0. The summed E-state index contributed by atoms with van der Waals surface area (Å²) >= 11 is 6.84. The molecule has 0 aromatic carbocycles. The minimum atomic E-state index is -1.42. The molecule has 0 heterocycles. The van der Waals surface area contributed by atoms with Gasteiger partial charge in [0.05, 0.1) is 0 Å². The molecule has 0 aliphatic carbocycles. The molecule has 106 valence electrons. The molecule has 2 heteroatoms. The molecule has 0 bridgehead atoms. The van der Waals surface area contributed by atoms with Crippen molar-refractivity contribution in [1.29, 1.82) is 0 Å². The average Bonchev–Trinajstić information content (AvgIpc) is 2.39. The fourth-order valence-electron chi connectivity index (χ4n) is 2.29. The van der Waals surface area contributed by atoms with Crippen LogP contribution >= 0.6 is 11.1 Å². The van der Waals surface area contributed by atoms with Gasteiger partial charge < -0.3 is 0 Å². The summed E-state index contributed by atoms with van der Waals surface area (Å²) in [5.74, 6) is 0. The summed E-state index contributed by atoms with van der Waals surface area (Å²) < 4.78 is 0. The molecular formula is C16H31ClSi. The highest BCUT2D eigenvalue weighted by molar-refractivity contribution is 7.20. The first kappa shape index (κ1) is 18.0. The maximum atomic E-state index is 6.84. The molecule has 0 saturated heterocycles. The van der Waals surface area contributed by atoms with Gasteiger partial charge in [-0.05, 0) is 37.4 Å². The van der Waals surface area contributed by atoms with E-state index in [1.807, 2.05) is 12.2 Å².